The highest BCUT2D eigenvalue weighted by atomic mass is 32.2. The first kappa shape index (κ1) is 33.4. The number of nitriles is 1. The summed E-state index contributed by atoms with van der Waals surface area (Å²) in [6, 6.07) is 7.50. The number of aliphatic carboxylic acids is 1. The van der Waals surface area contributed by atoms with Gasteiger partial charge in [0.15, 0.2) is 0 Å². The number of carboxylic acid groups (broad SMARTS) is 1. The number of pyridine rings is 2. The van der Waals surface area contributed by atoms with Gasteiger partial charge in [-0.2, -0.15) is 23.4 Å². The molecule has 2 aliphatic rings. The topological polar surface area (TPSA) is 193 Å². The summed E-state index contributed by atoms with van der Waals surface area (Å²) in [6.07, 6.45) is 0.696. The van der Waals surface area contributed by atoms with Gasteiger partial charge in [0.05, 0.1) is 42.3 Å². The number of nitrogens with one attached hydrogen (secondary N) is 2. The molecule has 0 aromatic carbocycles. The number of carboxylic acids is 1. The Labute approximate surface area is 256 Å². The van der Waals surface area contributed by atoms with Gasteiger partial charge in [0, 0.05) is 30.9 Å². The fourth-order valence-corrected chi connectivity index (χ4v) is 5.29. The largest absolute Gasteiger partial charge is 0.490 e. The van der Waals surface area contributed by atoms with Gasteiger partial charge in [0.2, 0.25) is 21.9 Å². The van der Waals surface area contributed by atoms with Crippen LogP contribution in [0.4, 0.5) is 30.6 Å². The number of anilines is 3. The van der Waals surface area contributed by atoms with Gasteiger partial charge in [0.25, 0.3) is 0 Å². The predicted octanol–water partition coefficient (Wildman–Crippen LogP) is 3.24. The highest BCUT2D eigenvalue weighted by Crippen LogP contribution is 2.33. The van der Waals surface area contributed by atoms with E-state index in [1.165, 1.54) is 6.20 Å². The summed E-state index contributed by atoms with van der Waals surface area (Å²) < 4.78 is 69.7. The van der Waals surface area contributed by atoms with Gasteiger partial charge in [-0.1, -0.05) is 0 Å². The molecule has 0 radical (unpaired) electrons. The van der Waals surface area contributed by atoms with E-state index in [2.05, 4.69) is 36.0 Å². The molecule has 1 saturated heterocycles. The maximum Gasteiger partial charge on any atom is 0.490 e. The second-order valence-corrected chi connectivity index (χ2v) is 12.2. The van der Waals surface area contributed by atoms with Gasteiger partial charge in [-0.15, -0.1) is 0 Å². The molecule has 1 saturated carbocycles. The third kappa shape index (κ3) is 9.74. The number of alkyl halides is 3. The van der Waals surface area contributed by atoms with Crippen LogP contribution in [0.25, 0.3) is 10.9 Å². The molecule has 14 nitrogen and oxygen atoms in total. The normalized spacial score (nSPS) is 18.7. The molecule has 2 fully saturated rings. The van der Waals surface area contributed by atoms with E-state index < -0.39 is 22.2 Å². The molecule has 0 spiro atoms. The lowest BCUT2D eigenvalue weighted by atomic mass is 9.93. The Morgan fingerprint density at radius 3 is 2.40 bits per heavy atom. The molecule has 4 heterocycles. The minimum atomic E-state index is -5.08. The molecule has 0 bridgehead atoms. The van der Waals surface area contributed by atoms with Gasteiger partial charge in [0.1, 0.15) is 23.7 Å². The molecule has 0 unspecified atom stereocenters. The van der Waals surface area contributed by atoms with Gasteiger partial charge in [-0.05, 0) is 44.7 Å². The van der Waals surface area contributed by atoms with E-state index in [-0.39, 0.29) is 12.1 Å². The van der Waals surface area contributed by atoms with Crippen LogP contribution in [-0.2, 0) is 19.6 Å². The van der Waals surface area contributed by atoms with Crippen molar-refractivity contribution in [3.05, 3.63) is 35.8 Å². The van der Waals surface area contributed by atoms with Gasteiger partial charge in [-0.25, -0.2) is 23.2 Å². The third-order valence-electron chi connectivity index (χ3n) is 6.77. The second kappa shape index (κ2) is 14.1. The van der Waals surface area contributed by atoms with Crippen molar-refractivity contribution in [2.45, 2.75) is 50.9 Å². The molecule has 1 aliphatic carbocycles. The molecule has 3 N–H and O–H groups in total. The summed E-state index contributed by atoms with van der Waals surface area (Å²) >= 11 is 0. The molecule has 45 heavy (non-hydrogen) atoms. The van der Waals surface area contributed by atoms with E-state index in [0.29, 0.717) is 47.3 Å². The van der Waals surface area contributed by atoms with Crippen molar-refractivity contribution in [1.29, 1.82) is 5.26 Å². The number of morpholine rings is 1. The number of sulfonamides is 1. The highest BCUT2D eigenvalue weighted by Gasteiger charge is 2.38. The van der Waals surface area contributed by atoms with Crippen LogP contribution in [0.5, 0.6) is 5.88 Å². The second-order valence-electron chi connectivity index (χ2n) is 10.4. The van der Waals surface area contributed by atoms with Crippen LogP contribution in [0.1, 0.15) is 37.1 Å². The molecule has 3 aromatic heterocycles. The van der Waals surface area contributed by atoms with Crippen molar-refractivity contribution in [3.8, 4) is 11.9 Å². The number of rotatable bonds is 7. The quantitative estimate of drug-likeness (QED) is 0.337. The fourth-order valence-electron chi connectivity index (χ4n) is 4.75. The lowest BCUT2D eigenvalue weighted by Gasteiger charge is -2.31. The lowest BCUT2D eigenvalue weighted by Crippen LogP contribution is -2.37. The fraction of sp³-hybridized carbons (Fsp3) is 0.481. The zero-order valence-electron chi connectivity index (χ0n) is 24.3. The molecule has 242 valence electrons. The number of carbonyl (C=O) groups is 1. The summed E-state index contributed by atoms with van der Waals surface area (Å²) in [5, 5.41) is 20.3. The van der Waals surface area contributed by atoms with Crippen LogP contribution in [0.2, 0.25) is 0 Å². The molecular formula is C27H31F3N8O6S. The zero-order valence-corrected chi connectivity index (χ0v) is 25.2. The number of aromatic nitrogens is 4. The molecule has 18 heteroatoms. The Balaban J connectivity index is 0.000000591. The van der Waals surface area contributed by atoms with Crippen molar-refractivity contribution >= 4 is 44.3 Å². The SMILES string of the molecule is Cc1cc(C#N)nc(NC2CCC(Oc3nc(N4CCOCC4)cc4ncc(NS(C)(=O)=O)cc34)CC2)n1.O=C(O)C(F)(F)F. The molecule has 1 aliphatic heterocycles. The van der Waals surface area contributed by atoms with Gasteiger partial charge >= 0.3 is 12.1 Å². The zero-order chi connectivity index (χ0) is 32.8. The Hall–Kier alpha value is -4.50. The summed E-state index contributed by atoms with van der Waals surface area (Å²) in [4.78, 5) is 29.0. The van der Waals surface area contributed by atoms with E-state index in [9.17, 15) is 26.9 Å². The van der Waals surface area contributed by atoms with Crippen LogP contribution in [0, 0.1) is 18.3 Å². The Morgan fingerprint density at radius 1 is 1.13 bits per heavy atom. The summed E-state index contributed by atoms with van der Waals surface area (Å²) in [5.74, 6) is -1.10. The lowest BCUT2D eigenvalue weighted by molar-refractivity contribution is -0.192. The van der Waals surface area contributed by atoms with E-state index in [4.69, 9.17) is 24.4 Å². The number of fused-ring (bicyclic) bond motifs is 1. The average Bonchev–Trinajstić information content (AvgIpc) is 2.97. The third-order valence-corrected chi connectivity index (χ3v) is 7.37. The van der Waals surface area contributed by atoms with Crippen molar-refractivity contribution in [2.24, 2.45) is 0 Å². The number of hydrogen-bond donors (Lipinski definition) is 3. The first-order valence-electron chi connectivity index (χ1n) is 13.8. The first-order valence-corrected chi connectivity index (χ1v) is 15.7. The number of halogens is 3. The van der Waals surface area contributed by atoms with E-state index in [0.717, 1.165) is 56.5 Å². The van der Waals surface area contributed by atoms with E-state index in [1.807, 2.05) is 13.0 Å². The van der Waals surface area contributed by atoms with Gasteiger partial charge < -0.3 is 24.8 Å². The highest BCUT2D eigenvalue weighted by molar-refractivity contribution is 7.92. The molecule has 0 atom stereocenters. The van der Waals surface area contributed by atoms with Crippen molar-refractivity contribution in [3.63, 3.8) is 0 Å². The van der Waals surface area contributed by atoms with Crippen LogP contribution < -0.4 is 19.7 Å². The summed E-state index contributed by atoms with van der Waals surface area (Å²) in [6.45, 7) is 4.52. The number of ether oxygens (including phenoxy) is 2. The first-order chi connectivity index (χ1) is 21.2. The Bertz CT molecular complexity index is 1670. The summed E-state index contributed by atoms with van der Waals surface area (Å²) in [7, 11) is -3.46. The maximum atomic E-state index is 11.8. The number of nitrogens with zero attached hydrogens (tertiary/aromatic N) is 6. The minimum Gasteiger partial charge on any atom is -0.475 e. The number of hydrogen-bond acceptors (Lipinski definition) is 12. The maximum absolute atomic E-state index is 11.8. The molecule has 0 amide bonds. The van der Waals surface area contributed by atoms with Crippen LogP contribution in [0.15, 0.2) is 24.4 Å². The monoisotopic (exact) mass is 652 g/mol. The Morgan fingerprint density at radius 2 is 1.80 bits per heavy atom. The van der Waals surface area contributed by atoms with Crippen LogP contribution in [-0.4, -0.2) is 90.3 Å². The molecule has 5 rings (SSSR count). The van der Waals surface area contributed by atoms with Crippen molar-refractivity contribution in [1.82, 2.24) is 19.9 Å². The number of aryl methyl sites for hydroxylation is 1. The standard InChI is InChI=1S/C25H30N8O4S.C2HF3O2/c1-16-11-18(14-26)30-25(28-16)29-17-3-5-20(6-4-17)37-24-21-12-19(32-38(2,34)35)15-27-22(21)13-23(31-24)33-7-9-36-10-8-33;3-2(4,5)1(6)7/h11-13,15,17,20,32H,3-10H2,1-2H3,(H,28,29,30);(H,6,7). The van der Waals surface area contributed by atoms with Crippen molar-refractivity contribution in [2.75, 3.05) is 47.5 Å². The van der Waals surface area contributed by atoms with Crippen molar-refractivity contribution < 1.29 is 41.0 Å². The smallest absolute Gasteiger partial charge is 0.475 e. The summed E-state index contributed by atoms with van der Waals surface area (Å²) in [5.41, 5.74) is 2.12. The molecular weight excluding hydrogens is 621 g/mol. The minimum absolute atomic E-state index is 0.0664. The van der Waals surface area contributed by atoms with Gasteiger partial charge in [-0.3, -0.25) is 9.71 Å². The van der Waals surface area contributed by atoms with E-state index >= 15 is 0 Å². The average molecular weight is 653 g/mol. The Kier molecular flexibility index (Phi) is 10.4. The van der Waals surface area contributed by atoms with Crippen LogP contribution >= 0.6 is 0 Å². The van der Waals surface area contributed by atoms with Crippen LogP contribution in [0.3, 0.4) is 0 Å². The molecule has 3 aromatic rings. The predicted molar refractivity (Wildman–Crippen MR) is 157 cm³/mol. The van der Waals surface area contributed by atoms with E-state index in [1.54, 1.807) is 12.1 Å².